The van der Waals surface area contributed by atoms with Crippen LogP contribution >= 0.6 is 0 Å². The molecule has 0 aliphatic heterocycles. The number of Topliss-reactive ketones (excluding diaryl/α,β-unsaturated/α-hetero) is 1. The zero-order chi connectivity index (χ0) is 24.1. The van der Waals surface area contributed by atoms with Crippen molar-refractivity contribution in [3.8, 4) is 0 Å². The number of hydrogen-bond acceptors (Lipinski definition) is 9. The Hall–Kier alpha value is -3.75. The van der Waals surface area contributed by atoms with Crippen molar-refractivity contribution in [1.82, 2.24) is 0 Å². The normalized spacial score (nSPS) is 13.2. The Morgan fingerprint density at radius 3 is 2.15 bits per heavy atom. The third-order valence-electron chi connectivity index (χ3n) is 5.16. The number of carbonyl (C=O) groups is 5. The summed E-state index contributed by atoms with van der Waals surface area (Å²) in [5.74, 6) is -2.63. The van der Waals surface area contributed by atoms with E-state index in [4.69, 9.17) is 18.6 Å². The number of rotatable bonds is 9. The predicted molar refractivity (Wildman–Crippen MR) is 113 cm³/mol. The molecule has 0 N–H and O–H groups in total. The van der Waals surface area contributed by atoms with E-state index in [2.05, 4.69) is 0 Å². The SMILES string of the molecule is CCC(CC)OC(=O)OC(C)OC(=O)CCC(=O)c1cc2c(o1)C(=O)c1ccccc1C2=O. The molecule has 33 heavy (non-hydrogen) atoms. The summed E-state index contributed by atoms with van der Waals surface area (Å²) in [5.41, 5.74) is 0.473. The van der Waals surface area contributed by atoms with Gasteiger partial charge < -0.3 is 18.6 Å². The molecule has 1 unspecified atom stereocenters. The highest BCUT2D eigenvalue weighted by Gasteiger charge is 2.34. The Kier molecular flexibility index (Phi) is 7.42. The van der Waals surface area contributed by atoms with Crippen molar-refractivity contribution >= 4 is 29.5 Å². The molecule has 174 valence electrons. The van der Waals surface area contributed by atoms with Crippen LogP contribution in [0.25, 0.3) is 0 Å². The maximum Gasteiger partial charge on any atom is 0.511 e. The van der Waals surface area contributed by atoms with Gasteiger partial charge in [-0.2, -0.15) is 0 Å². The lowest BCUT2D eigenvalue weighted by Crippen LogP contribution is -2.25. The summed E-state index contributed by atoms with van der Waals surface area (Å²) in [4.78, 5) is 61.4. The van der Waals surface area contributed by atoms with Gasteiger partial charge in [-0.1, -0.05) is 38.1 Å². The minimum absolute atomic E-state index is 0.0163. The van der Waals surface area contributed by atoms with Crippen LogP contribution in [0.5, 0.6) is 0 Å². The molecule has 1 aliphatic carbocycles. The average molecular weight is 456 g/mol. The molecule has 1 aliphatic rings. The Balaban J connectivity index is 1.54. The van der Waals surface area contributed by atoms with Crippen molar-refractivity contribution in [2.24, 2.45) is 0 Å². The van der Waals surface area contributed by atoms with Gasteiger partial charge in [0.15, 0.2) is 23.1 Å². The van der Waals surface area contributed by atoms with Gasteiger partial charge in [-0.15, -0.1) is 0 Å². The van der Waals surface area contributed by atoms with Crippen LogP contribution < -0.4 is 0 Å². The van der Waals surface area contributed by atoms with Gasteiger partial charge in [0.05, 0.1) is 12.0 Å². The summed E-state index contributed by atoms with van der Waals surface area (Å²) in [5, 5.41) is 0. The van der Waals surface area contributed by atoms with Crippen LogP contribution in [-0.2, 0) is 19.0 Å². The summed E-state index contributed by atoms with van der Waals surface area (Å²) in [6.07, 6.45) is -1.78. The van der Waals surface area contributed by atoms with Crippen molar-refractivity contribution < 1.29 is 42.6 Å². The van der Waals surface area contributed by atoms with E-state index in [0.29, 0.717) is 12.8 Å². The van der Waals surface area contributed by atoms with Crippen LogP contribution in [0.2, 0.25) is 0 Å². The van der Waals surface area contributed by atoms with E-state index >= 15 is 0 Å². The summed E-state index contributed by atoms with van der Waals surface area (Å²) in [7, 11) is 0. The molecule has 9 heteroatoms. The van der Waals surface area contributed by atoms with Crippen molar-refractivity contribution in [1.29, 1.82) is 0 Å². The van der Waals surface area contributed by atoms with Gasteiger partial charge in [0.1, 0.15) is 6.10 Å². The van der Waals surface area contributed by atoms with E-state index in [9.17, 15) is 24.0 Å². The smallest absolute Gasteiger partial charge is 0.449 e. The second-order valence-electron chi connectivity index (χ2n) is 7.46. The molecule has 1 atom stereocenters. The number of hydrogen-bond donors (Lipinski definition) is 0. The van der Waals surface area contributed by atoms with E-state index < -0.39 is 35.8 Å². The van der Waals surface area contributed by atoms with Crippen molar-refractivity contribution in [2.45, 2.75) is 58.8 Å². The maximum absolute atomic E-state index is 12.6. The van der Waals surface area contributed by atoms with E-state index in [1.54, 1.807) is 12.1 Å². The molecule has 1 aromatic heterocycles. The van der Waals surface area contributed by atoms with Crippen LogP contribution in [0.3, 0.4) is 0 Å². The van der Waals surface area contributed by atoms with Crippen molar-refractivity contribution in [3.63, 3.8) is 0 Å². The van der Waals surface area contributed by atoms with Gasteiger partial charge in [0, 0.05) is 24.5 Å². The van der Waals surface area contributed by atoms with Gasteiger partial charge in [-0.25, -0.2) is 4.79 Å². The van der Waals surface area contributed by atoms with Crippen LogP contribution in [0.4, 0.5) is 4.79 Å². The first-order valence-corrected chi connectivity index (χ1v) is 10.7. The number of fused-ring (bicyclic) bond motifs is 2. The molecule has 1 aromatic carbocycles. The summed E-state index contributed by atoms with van der Waals surface area (Å²) >= 11 is 0. The Bertz CT molecular complexity index is 1040. The molecule has 3 rings (SSSR count). The fourth-order valence-corrected chi connectivity index (χ4v) is 3.37. The predicted octanol–water partition coefficient (Wildman–Crippen LogP) is 4.25. The highest BCUT2D eigenvalue weighted by Crippen LogP contribution is 2.30. The Labute approximate surface area is 190 Å². The van der Waals surface area contributed by atoms with Crippen molar-refractivity contribution in [2.75, 3.05) is 0 Å². The second-order valence-corrected chi connectivity index (χ2v) is 7.46. The number of ether oxygens (including phenoxy) is 3. The average Bonchev–Trinajstić information content (AvgIpc) is 3.25. The largest absolute Gasteiger partial charge is 0.511 e. The molecule has 0 fully saturated rings. The van der Waals surface area contributed by atoms with E-state index in [1.807, 2.05) is 13.8 Å². The van der Waals surface area contributed by atoms with Crippen LogP contribution in [-0.4, -0.2) is 41.9 Å². The molecule has 0 saturated carbocycles. The Morgan fingerprint density at radius 2 is 1.52 bits per heavy atom. The van der Waals surface area contributed by atoms with E-state index in [-0.39, 0.29) is 47.2 Å². The lowest BCUT2D eigenvalue weighted by atomic mass is 9.88. The zero-order valence-electron chi connectivity index (χ0n) is 18.5. The maximum atomic E-state index is 12.6. The molecule has 0 spiro atoms. The number of carbonyl (C=O) groups excluding carboxylic acids is 5. The first kappa shape index (κ1) is 23.9. The van der Waals surface area contributed by atoms with Gasteiger partial charge in [0.25, 0.3) is 0 Å². The van der Waals surface area contributed by atoms with Crippen LogP contribution in [0.15, 0.2) is 34.7 Å². The molecule has 1 heterocycles. The number of ketones is 3. The monoisotopic (exact) mass is 456 g/mol. The molecule has 9 nitrogen and oxygen atoms in total. The lowest BCUT2D eigenvalue weighted by Gasteiger charge is -2.17. The van der Waals surface area contributed by atoms with Crippen LogP contribution in [0.1, 0.15) is 89.0 Å². The molecule has 0 bridgehead atoms. The third kappa shape index (κ3) is 5.36. The fraction of sp³-hybridized carbons (Fsp3) is 0.375. The number of benzene rings is 1. The summed E-state index contributed by atoms with van der Waals surface area (Å²) < 4.78 is 20.3. The van der Waals surface area contributed by atoms with E-state index in [0.717, 1.165) is 0 Å². The van der Waals surface area contributed by atoms with Gasteiger partial charge in [0.2, 0.25) is 12.1 Å². The minimum Gasteiger partial charge on any atom is -0.449 e. The standard InChI is InChI=1S/C24H24O9/c1-4-14(5-2)32-24(29)31-13(3)30-20(26)11-10-18(25)19-12-17-21(27)15-8-6-7-9-16(15)22(28)23(17)33-19/h6-9,12-14H,4-5,10-11H2,1-3H3. The second kappa shape index (κ2) is 10.2. The molecule has 2 aromatic rings. The first-order chi connectivity index (χ1) is 15.7. The fourth-order valence-electron chi connectivity index (χ4n) is 3.37. The summed E-state index contributed by atoms with van der Waals surface area (Å²) in [6.45, 7) is 5.08. The number of esters is 1. The van der Waals surface area contributed by atoms with Crippen LogP contribution in [0, 0.1) is 0 Å². The summed E-state index contributed by atoms with van der Waals surface area (Å²) in [6, 6.07) is 7.54. The third-order valence-corrected chi connectivity index (χ3v) is 5.16. The first-order valence-electron chi connectivity index (χ1n) is 10.7. The van der Waals surface area contributed by atoms with Gasteiger partial charge >= 0.3 is 12.1 Å². The highest BCUT2D eigenvalue weighted by molar-refractivity contribution is 6.27. The molecule has 0 radical (unpaired) electrons. The van der Waals surface area contributed by atoms with Crippen molar-refractivity contribution in [3.05, 3.63) is 58.5 Å². The quantitative estimate of drug-likeness (QED) is 0.264. The lowest BCUT2D eigenvalue weighted by molar-refractivity contribution is -0.168. The Morgan fingerprint density at radius 1 is 0.879 bits per heavy atom. The topological polar surface area (TPSA) is 126 Å². The molecule has 0 saturated heterocycles. The highest BCUT2D eigenvalue weighted by atomic mass is 16.8. The number of furan rings is 1. The molecular weight excluding hydrogens is 432 g/mol. The zero-order valence-corrected chi connectivity index (χ0v) is 18.5. The van der Waals surface area contributed by atoms with E-state index in [1.165, 1.54) is 25.1 Å². The van der Waals surface area contributed by atoms with Gasteiger partial charge in [-0.3, -0.25) is 19.2 Å². The molecular formula is C24H24O9. The van der Waals surface area contributed by atoms with Gasteiger partial charge in [-0.05, 0) is 18.9 Å². The minimum atomic E-state index is -1.20. The molecule has 0 amide bonds.